The molecule has 0 atom stereocenters. The molecule has 19 heavy (non-hydrogen) atoms. The van der Waals surface area contributed by atoms with Crippen molar-refractivity contribution in [3.8, 4) is 0 Å². The highest BCUT2D eigenvalue weighted by Gasteiger charge is 2.17. The van der Waals surface area contributed by atoms with Crippen LogP contribution >= 0.6 is 11.6 Å². The standard InChI is InChI=1S/C15H9ClN2O/c16-14-6-10(19)3-9-5-11-8(4-12(9)14)1-2-15-13(11)7-17-18-15/h1-2,4-5,7H,3,6H2. The lowest BCUT2D eigenvalue weighted by molar-refractivity contribution is -0.117. The fraction of sp³-hybridized carbons (Fsp3) is 0.133. The number of ketones is 1. The van der Waals surface area contributed by atoms with Crippen LogP contribution in [0.4, 0.5) is 0 Å². The van der Waals surface area contributed by atoms with Crippen LogP contribution in [0.3, 0.4) is 0 Å². The van der Waals surface area contributed by atoms with E-state index in [-0.39, 0.29) is 5.78 Å². The van der Waals surface area contributed by atoms with E-state index in [1.54, 1.807) is 6.21 Å². The van der Waals surface area contributed by atoms with E-state index in [4.69, 9.17) is 11.6 Å². The Balaban J connectivity index is 2.16. The number of benzene rings is 2. The number of nitrogens with zero attached hydrogens (tertiary/aromatic N) is 2. The van der Waals surface area contributed by atoms with Gasteiger partial charge in [0.25, 0.3) is 0 Å². The largest absolute Gasteiger partial charge is 0.299 e. The summed E-state index contributed by atoms with van der Waals surface area (Å²) in [7, 11) is 0. The molecule has 1 aliphatic carbocycles. The molecule has 1 aliphatic heterocycles. The zero-order valence-corrected chi connectivity index (χ0v) is 10.7. The maximum Gasteiger partial charge on any atom is 0.142 e. The summed E-state index contributed by atoms with van der Waals surface area (Å²) in [5.74, 6) is 0.169. The molecule has 92 valence electrons. The molecule has 0 saturated heterocycles. The minimum atomic E-state index is 0.169. The highest BCUT2D eigenvalue weighted by Crippen LogP contribution is 2.21. The molecule has 0 unspecified atom stereocenters. The zero-order chi connectivity index (χ0) is 13.0. The van der Waals surface area contributed by atoms with E-state index < -0.39 is 0 Å². The Morgan fingerprint density at radius 1 is 1.16 bits per heavy atom. The number of hydrogen-bond acceptors (Lipinski definition) is 3. The van der Waals surface area contributed by atoms with E-state index in [2.05, 4.69) is 22.3 Å². The Labute approximate surface area is 113 Å². The van der Waals surface area contributed by atoms with Crippen LogP contribution < -0.4 is 10.6 Å². The van der Waals surface area contributed by atoms with E-state index in [1.165, 1.54) is 0 Å². The molecule has 3 nitrogen and oxygen atoms in total. The van der Waals surface area contributed by atoms with Crippen molar-refractivity contribution >= 4 is 39.4 Å². The van der Waals surface area contributed by atoms with Crippen molar-refractivity contribution < 1.29 is 4.79 Å². The van der Waals surface area contributed by atoms with Crippen molar-refractivity contribution in [2.75, 3.05) is 0 Å². The Hall–Kier alpha value is -2.00. The minimum absolute atomic E-state index is 0.169. The molecule has 4 heteroatoms. The molecule has 0 spiro atoms. The maximum absolute atomic E-state index is 11.7. The molecule has 0 saturated carbocycles. The molecule has 2 aromatic rings. The van der Waals surface area contributed by atoms with E-state index in [0.29, 0.717) is 17.9 Å². The Morgan fingerprint density at radius 3 is 2.95 bits per heavy atom. The first kappa shape index (κ1) is 10.9. The van der Waals surface area contributed by atoms with Crippen molar-refractivity contribution in [1.82, 2.24) is 0 Å². The first-order chi connectivity index (χ1) is 9.22. The third kappa shape index (κ3) is 1.55. The number of halogens is 1. The van der Waals surface area contributed by atoms with Gasteiger partial charge in [0, 0.05) is 23.4 Å². The molecule has 0 radical (unpaired) electrons. The van der Waals surface area contributed by atoms with Gasteiger partial charge in [0.15, 0.2) is 0 Å². The van der Waals surface area contributed by atoms with E-state index in [0.717, 1.165) is 32.5 Å². The first-order valence-electron chi connectivity index (χ1n) is 6.09. The summed E-state index contributed by atoms with van der Waals surface area (Å²) in [6.45, 7) is 0. The van der Waals surface area contributed by atoms with E-state index >= 15 is 0 Å². The Bertz CT molecular complexity index is 896. The van der Waals surface area contributed by atoms with Crippen LogP contribution in [0.1, 0.15) is 17.5 Å². The van der Waals surface area contributed by atoms with Gasteiger partial charge in [-0.25, -0.2) is 0 Å². The van der Waals surface area contributed by atoms with Gasteiger partial charge >= 0.3 is 0 Å². The summed E-state index contributed by atoms with van der Waals surface area (Å²) in [5.41, 5.74) is 2.02. The minimum Gasteiger partial charge on any atom is -0.299 e. The lowest BCUT2D eigenvalue weighted by atomic mass is 9.93. The van der Waals surface area contributed by atoms with Crippen molar-refractivity contribution in [3.05, 3.63) is 46.0 Å². The summed E-state index contributed by atoms with van der Waals surface area (Å²) in [6.07, 6.45) is 2.57. The predicted molar refractivity (Wildman–Crippen MR) is 74.9 cm³/mol. The van der Waals surface area contributed by atoms with Gasteiger partial charge in [-0.1, -0.05) is 17.7 Å². The second-order valence-corrected chi connectivity index (χ2v) is 5.33. The van der Waals surface area contributed by atoms with Crippen molar-refractivity contribution in [2.45, 2.75) is 12.8 Å². The number of rotatable bonds is 0. The lowest BCUT2D eigenvalue weighted by Gasteiger charge is -2.12. The summed E-state index contributed by atoms with van der Waals surface area (Å²) in [5, 5.41) is 12.7. The Morgan fingerprint density at radius 2 is 2.05 bits per heavy atom. The molecule has 0 amide bonds. The van der Waals surface area contributed by atoms with Crippen molar-refractivity contribution in [2.24, 2.45) is 10.2 Å². The van der Waals surface area contributed by atoms with Crippen LogP contribution in [0.15, 0.2) is 34.5 Å². The lowest BCUT2D eigenvalue weighted by Crippen LogP contribution is -2.22. The average molecular weight is 269 g/mol. The van der Waals surface area contributed by atoms with Gasteiger partial charge in [-0.15, -0.1) is 0 Å². The summed E-state index contributed by atoms with van der Waals surface area (Å²) in [6, 6.07) is 8.09. The van der Waals surface area contributed by atoms with Crippen LogP contribution in [0, 0.1) is 0 Å². The van der Waals surface area contributed by atoms with Crippen LogP contribution in [0.2, 0.25) is 0 Å². The number of hydrogen-bond donors (Lipinski definition) is 0. The van der Waals surface area contributed by atoms with Gasteiger partial charge in [0.2, 0.25) is 0 Å². The third-order valence-electron chi connectivity index (χ3n) is 3.65. The van der Waals surface area contributed by atoms with Gasteiger partial charge in [-0.3, -0.25) is 4.79 Å². The molecule has 2 aliphatic rings. The monoisotopic (exact) mass is 268 g/mol. The average Bonchev–Trinajstić information content (AvgIpc) is 2.85. The predicted octanol–water partition coefficient (Wildman–Crippen LogP) is 1.67. The quantitative estimate of drug-likeness (QED) is 0.717. The number of carbonyl (C=O) groups is 1. The summed E-state index contributed by atoms with van der Waals surface area (Å²) >= 11 is 6.21. The molecule has 4 rings (SSSR count). The van der Waals surface area contributed by atoms with Crippen LogP contribution in [0.5, 0.6) is 0 Å². The Kier molecular flexibility index (Phi) is 2.15. The van der Waals surface area contributed by atoms with Gasteiger partial charge in [-0.2, -0.15) is 10.2 Å². The second-order valence-electron chi connectivity index (χ2n) is 4.87. The molecule has 1 heterocycles. The third-order valence-corrected chi connectivity index (χ3v) is 3.98. The first-order valence-corrected chi connectivity index (χ1v) is 6.47. The molecule has 0 bridgehead atoms. The van der Waals surface area contributed by atoms with Crippen molar-refractivity contribution in [1.29, 1.82) is 0 Å². The SMILES string of the molecule is O=C1CC(Cl)=c2cc3ccc4c(c3cc2C1)C=NN=4. The molecule has 0 fully saturated rings. The second kappa shape index (κ2) is 3.75. The number of carbonyl (C=O) groups excluding carboxylic acids is 1. The van der Waals surface area contributed by atoms with Gasteiger partial charge < -0.3 is 0 Å². The molecule has 0 N–H and O–H groups in total. The molecular weight excluding hydrogens is 260 g/mol. The van der Waals surface area contributed by atoms with Crippen LogP contribution in [-0.2, 0) is 11.2 Å². The topological polar surface area (TPSA) is 41.8 Å². The van der Waals surface area contributed by atoms with Gasteiger partial charge in [0.05, 0.1) is 11.6 Å². The summed E-state index contributed by atoms with van der Waals surface area (Å²) in [4.78, 5) is 11.7. The highest BCUT2D eigenvalue weighted by atomic mass is 35.5. The van der Waals surface area contributed by atoms with Crippen molar-refractivity contribution in [3.63, 3.8) is 0 Å². The van der Waals surface area contributed by atoms with Gasteiger partial charge in [0.1, 0.15) is 5.78 Å². The highest BCUT2D eigenvalue weighted by molar-refractivity contribution is 6.47. The molecule has 0 aromatic heterocycles. The number of fused-ring (bicyclic) bond motifs is 4. The fourth-order valence-corrected chi connectivity index (χ4v) is 3.07. The normalized spacial score (nSPS) is 16.5. The van der Waals surface area contributed by atoms with E-state index in [1.807, 2.05) is 12.1 Å². The molecule has 2 aromatic carbocycles. The fourth-order valence-electron chi connectivity index (χ4n) is 2.74. The maximum atomic E-state index is 11.7. The smallest absolute Gasteiger partial charge is 0.142 e. The molecular formula is C15H9ClN2O. The van der Waals surface area contributed by atoms with Gasteiger partial charge in [-0.05, 0) is 39.8 Å². The zero-order valence-electron chi connectivity index (χ0n) is 9.98. The van der Waals surface area contributed by atoms with Crippen LogP contribution in [0.25, 0.3) is 15.8 Å². The van der Waals surface area contributed by atoms with E-state index in [9.17, 15) is 4.79 Å². The van der Waals surface area contributed by atoms with Crippen LogP contribution in [-0.4, -0.2) is 12.0 Å². The summed E-state index contributed by atoms with van der Waals surface area (Å²) < 4.78 is 0. The number of Topliss-reactive ketones (excluding diaryl/α,β-unsaturated/α-hetero) is 1.